The molecule has 0 heterocycles. The highest BCUT2D eigenvalue weighted by molar-refractivity contribution is 8.93. The number of nitrogens with zero attached hydrogens (tertiary/aromatic N) is 1. The molecule has 0 aromatic heterocycles. The van der Waals surface area contributed by atoms with Crippen molar-refractivity contribution in [2.45, 2.75) is 32.7 Å². The molecule has 0 aliphatic heterocycles. The van der Waals surface area contributed by atoms with E-state index in [1.165, 1.54) is 5.56 Å². The highest BCUT2D eigenvalue weighted by Crippen LogP contribution is 2.37. The third-order valence-corrected chi connectivity index (χ3v) is 3.58. The standard InChI is InChI=1S/C13H19NO2.BrH/c1-3-14(4-2)10-7-9-5-6-12(15)13(16)11(9)8-10;/h5-6,10,15-16H,3-4,7-8H2,1-2H3;1H. The Labute approximate surface area is 113 Å². The molecule has 3 nitrogen and oxygen atoms in total. The third kappa shape index (κ3) is 2.58. The molecule has 0 saturated carbocycles. The Kier molecular flexibility index (Phi) is 4.83. The van der Waals surface area contributed by atoms with Gasteiger partial charge in [-0.1, -0.05) is 19.9 Å². The highest BCUT2D eigenvalue weighted by Gasteiger charge is 2.28. The molecule has 0 amide bonds. The number of phenolic OH excluding ortho intramolecular Hbond substituents is 2. The molecule has 96 valence electrons. The predicted octanol–water partition coefficient (Wildman–Crippen LogP) is 2.48. The number of likely N-dealkylation sites (N-methyl/N-ethyl adjacent to an activating group) is 1. The van der Waals surface area contributed by atoms with Crippen LogP contribution in [-0.4, -0.2) is 34.2 Å². The van der Waals surface area contributed by atoms with E-state index >= 15 is 0 Å². The molecule has 2 rings (SSSR count). The van der Waals surface area contributed by atoms with Gasteiger partial charge in [0.05, 0.1) is 0 Å². The van der Waals surface area contributed by atoms with Gasteiger partial charge in [-0.15, -0.1) is 17.0 Å². The topological polar surface area (TPSA) is 43.7 Å². The van der Waals surface area contributed by atoms with E-state index in [1.54, 1.807) is 6.07 Å². The van der Waals surface area contributed by atoms with Gasteiger partial charge in [-0.25, -0.2) is 0 Å². The molecule has 0 spiro atoms. The van der Waals surface area contributed by atoms with Crippen LogP contribution in [0.3, 0.4) is 0 Å². The Bertz CT molecular complexity index is 391. The van der Waals surface area contributed by atoms with E-state index in [0.29, 0.717) is 6.04 Å². The first kappa shape index (κ1) is 14.3. The average molecular weight is 302 g/mol. The van der Waals surface area contributed by atoms with Crippen LogP contribution in [0.1, 0.15) is 25.0 Å². The first-order valence-electron chi connectivity index (χ1n) is 5.94. The molecule has 4 heteroatoms. The van der Waals surface area contributed by atoms with E-state index in [1.807, 2.05) is 6.07 Å². The molecule has 0 fully saturated rings. The Morgan fingerprint density at radius 2 is 1.82 bits per heavy atom. The quantitative estimate of drug-likeness (QED) is 0.843. The van der Waals surface area contributed by atoms with E-state index in [4.69, 9.17) is 0 Å². The number of phenols is 2. The highest BCUT2D eigenvalue weighted by atomic mass is 79.9. The van der Waals surface area contributed by atoms with Gasteiger partial charge in [-0.2, -0.15) is 0 Å². The van der Waals surface area contributed by atoms with Gasteiger partial charge >= 0.3 is 0 Å². The van der Waals surface area contributed by atoms with Crippen LogP contribution in [0.25, 0.3) is 0 Å². The second-order valence-electron chi connectivity index (χ2n) is 4.35. The molecule has 1 aliphatic carbocycles. The van der Waals surface area contributed by atoms with E-state index in [9.17, 15) is 10.2 Å². The lowest BCUT2D eigenvalue weighted by atomic mass is 10.1. The van der Waals surface area contributed by atoms with Crippen LogP contribution in [0.15, 0.2) is 12.1 Å². The Morgan fingerprint density at radius 3 is 2.41 bits per heavy atom. The van der Waals surface area contributed by atoms with Crippen LogP contribution in [0.5, 0.6) is 11.5 Å². The molecule has 0 radical (unpaired) electrons. The van der Waals surface area contributed by atoms with Crippen LogP contribution < -0.4 is 0 Å². The zero-order valence-electron chi connectivity index (χ0n) is 10.3. The molecule has 1 aromatic carbocycles. The fourth-order valence-corrected chi connectivity index (χ4v) is 2.64. The predicted molar refractivity (Wildman–Crippen MR) is 74.2 cm³/mol. The van der Waals surface area contributed by atoms with Gasteiger partial charge in [-0.05, 0) is 37.6 Å². The van der Waals surface area contributed by atoms with Crippen LogP contribution in [-0.2, 0) is 12.8 Å². The monoisotopic (exact) mass is 301 g/mol. The maximum Gasteiger partial charge on any atom is 0.161 e. The summed E-state index contributed by atoms with van der Waals surface area (Å²) in [6.45, 7) is 6.37. The molecule has 0 bridgehead atoms. The lowest BCUT2D eigenvalue weighted by molar-refractivity contribution is 0.223. The van der Waals surface area contributed by atoms with Gasteiger partial charge in [0.1, 0.15) is 0 Å². The van der Waals surface area contributed by atoms with Crippen molar-refractivity contribution in [3.8, 4) is 11.5 Å². The van der Waals surface area contributed by atoms with Gasteiger partial charge in [0.25, 0.3) is 0 Å². The van der Waals surface area contributed by atoms with E-state index in [0.717, 1.165) is 31.5 Å². The molecule has 0 saturated heterocycles. The number of rotatable bonds is 3. The van der Waals surface area contributed by atoms with Crippen molar-refractivity contribution in [3.05, 3.63) is 23.3 Å². The lowest BCUT2D eigenvalue weighted by Gasteiger charge is -2.25. The summed E-state index contributed by atoms with van der Waals surface area (Å²) in [6.07, 6.45) is 1.82. The van der Waals surface area contributed by atoms with E-state index < -0.39 is 0 Å². The summed E-state index contributed by atoms with van der Waals surface area (Å²) >= 11 is 0. The molecule has 2 N–H and O–H groups in total. The van der Waals surface area contributed by atoms with Crippen LogP contribution in [0.4, 0.5) is 0 Å². The largest absolute Gasteiger partial charge is 0.504 e. The van der Waals surface area contributed by atoms with Crippen molar-refractivity contribution in [1.82, 2.24) is 4.90 Å². The molecular formula is C13H20BrNO2. The molecular weight excluding hydrogens is 282 g/mol. The first-order valence-corrected chi connectivity index (χ1v) is 5.94. The number of fused-ring (bicyclic) bond motifs is 1. The summed E-state index contributed by atoms with van der Waals surface area (Å²) in [4.78, 5) is 2.40. The second kappa shape index (κ2) is 5.74. The zero-order valence-corrected chi connectivity index (χ0v) is 12.0. The maximum absolute atomic E-state index is 9.79. The minimum Gasteiger partial charge on any atom is -0.504 e. The number of hydrogen-bond donors (Lipinski definition) is 2. The van der Waals surface area contributed by atoms with Gasteiger partial charge in [0.15, 0.2) is 11.5 Å². The van der Waals surface area contributed by atoms with Crippen molar-refractivity contribution >= 4 is 17.0 Å². The summed E-state index contributed by atoms with van der Waals surface area (Å²) in [7, 11) is 0. The van der Waals surface area contributed by atoms with Crippen molar-refractivity contribution in [2.24, 2.45) is 0 Å². The SMILES string of the molecule is Br.CCN(CC)C1Cc2ccc(O)c(O)c2C1. The van der Waals surface area contributed by atoms with E-state index in [-0.39, 0.29) is 28.5 Å². The van der Waals surface area contributed by atoms with Crippen molar-refractivity contribution in [1.29, 1.82) is 0 Å². The van der Waals surface area contributed by atoms with Crippen LogP contribution in [0.2, 0.25) is 0 Å². The minimum atomic E-state index is -0.000975. The summed E-state index contributed by atoms with van der Waals surface area (Å²) in [6, 6.07) is 3.98. The molecule has 1 aliphatic rings. The summed E-state index contributed by atoms with van der Waals surface area (Å²) in [5.41, 5.74) is 2.10. The normalized spacial score (nSPS) is 17.9. The van der Waals surface area contributed by atoms with Crippen LogP contribution in [0, 0.1) is 0 Å². The molecule has 1 aromatic rings. The Morgan fingerprint density at radius 1 is 1.18 bits per heavy atom. The Hall–Kier alpha value is -0.740. The van der Waals surface area contributed by atoms with Crippen molar-refractivity contribution in [3.63, 3.8) is 0 Å². The lowest BCUT2D eigenvalue weighted by Crippen LogP contribution is -2.35. The van der Waals surface area contributed by atoms with Gasteiger partial charge in [-0.3, -0.25) is 0 Å². The molecule has 1 unspecified atom stereocenters. The van der Waals surface area contributed by atoms with E-state index in [2.05, 4.69) is 18.7 Å². The number of hydrogen-bond acceptors (Lipinski definition) is 3. The third-order valence-electron chi connectivity index (χ3n) is 3.58. The average Bonchev–Trinajstić information content (AvgIpc) is 2.70. The van der Waals surface area contributed by atoms with Gasteiger partial charge < -0.3 is 15.1 Å². The number of aromatic hydroxyl groups is 2. The van der Waals surface area contributed by atoms with Crippen molar-refractivity contribution < 1.29 is 10.2 Å². The smallest absolute Gasteiger partial charge is 0.161 e. The summed E-state index contributed by atoms with van der Waals surface area (Å²) in [5.74, 6) is 0.0751. The van der Waals surface area contributed by atoms with Crippen LogP contribution >= 0.6 is 17.0 Å². The Balaban J connectivity index is 0.00000144. The first-order chi connectivity index (χ1) is 7.67. The fourth-order valence-electron chi connectivity index (χ4n) is 2.64. The minimum absolute atomic E-state index is 0. The molecule has 1 atom stereocenters. The number of halogens is 1. The maximum atomic E-state index is 9.79. The van der Waals surface area contributed by atoms with Crippen molar-refractivity contribution in [2.75, 3.05) is 13.1 Å². The zero-order chi connectivity index (χ0) is 11.7. The summed E-state index contributed by atoms with van der Waals surface area (Å²) < 4.78 is 0. The van der Waals surface area contributed by atoms with Gasteiger partial charge in [0.2, 0.25) is 0 Å². The fraction of sp³-hybridized carbons (Fsp3) is 0.538. The van der Waals surface area contributed by atoms with Gasteiger partial charge in [0, 0.05) is 11.6 Å². The summed E-state index contributed by atoms with van der Waals surface area (Å²) in [5, 5.41) is 19.3. The molecule has 17 heavy (non-hydrogen) atoms. The second-order valence-corrected chi connectivity index (χ2v) is 4.35. The number of benzene rings is 1.